The minimum atomic E-state index is -3.17. The lowest BCUT2D eigenvalue weighted by Crippen LogP contribution is -2.50. The molecule has 2 aliphatic rings. The lowest BCUT2D eigenvalue weighted by molar-refractivity contribution is -0.0339. The molecule has 3 heterocycles. The van der Waals surface area contributed by atoms with Crippen LogP contribution in [0.1, 0.15) is 26.2 Å². The number of piperidine rings is 1. The summed E-state index contributed by atoms with van der Waals surface area (Å²) in [5, 5.41) is 0. The Labute approximate surface area is 130 Å². The second kappa shape index (κ2) is 6.10. The van der Waals surface area contributed by atoms with E-state index in [2.05, 4.69) is 9.97 Å². The maximum Gasteiger partial charge on any atom is 0.316 e. The normalized spacial score (nSPS) is 29.8. The lowest BCUT2D eigenvalue weighted by atomic mass is 9.90. The van der Waals surface area contributed by atoms with Gasteiger partial charge in [-0.15, -0.1) is 0 Å². The molecule has 1 aromatic heterocycles. The molecule has 0 bridgehead atoms. The zero-order valence-electron chi connectivity index (χ0n) is 12.6. The van der Waals surface area contributed by atoms with Crippen LogP contribution in [-0.2, 0) is 14.8 Å². The van der Waals surface area contributed by atoms with Crippen molar-refractivity contribution in [2.75, 3.05) is 25.4 Å². The summed E-state index contributed by atoms with van der Waals surface area (Å²) < 4.78 is 37.4. The van der Waals surface area contributed by atoms with Crippen LogP contribution in [0.4, 0.5) is 0 Å². The summed E-state index contributed by atoms with van der Waals surface area (Å²) in [6, 6.07) is 2.07. The maximum absolute atomic E-state index is 12.1. The molecule has 2 unspecified atom stereocenters. The van der Waals surface area contributed by atoms with Crippen LogP contribution >= 0.6 is 0 Å². The van der Waals surface area contributed by atoms with Crippen LogP contribution in [0.15, 0.2) is 18.5 Å². The van der Waals surface area contributed by atoms with Crippen molar-refractivity contribution in [3.63, 3.8) is 0 Å². The summed E-state index contributed by atoms with van der Waals surface area (Å²) in [5.41, 5.74) is -0.431. The fourth-order valence-corrected chi connectivity index (χ4v) is 4.34. The fraction of sp³-hybridized carbons (Fsp3) is 0.714. The van der Waals surface area contributed by atoms with Crippen LogP contribution < -0.4 is 4.74 Å². The Balaban J connectivity index is 1.65. The number of rotatable bonds is 4. The molecule has 0 saturated carbocycles. The average Bonchev–Trinajstić information content (AvgIpc) is 2.90. The van der Waals surface area contributed by atoms with Crippen molar-refractivity contribution >= 4 is 10.0 Å². The molecule has 1 spiro atoms. The summed E-state index contributed by atoms with van der Waals surface area (Å²) in [4.78, 5) is 8.10. The highest BCUT2D eigenvalue weighted by atomic mass is 32.2. The summed E-state index contributed by atoms with van der Waals surface area (Å²) in [6.45, 7) is 3.11. The van der Waals surface area contributed by atoms with E-state index in [0.29, 0.717) is 32.1 Å². The first-order valence-electron chi connectivity index (χ1n) is 7.58. The number of ether oxygens (including phenoxy) is 2. The molecule has 0 amide bonds. The topological polar surface area (TPSA) is 81.6 Å². The molecule has 22 heavy (non-hydrogen) atoms. The molecule has 0 radical (unpaired) electrons. The van der Waals surface area contributed by atoms with Gasteiger partial charge in [0.15, 0.2) is 0 Å². The molecular formula is C14H21N3O4S. The van der Waals surface area contributed by atoms with Crippen molar-refractivity contribution in [3.8, 4) is 6.01 Å². The standard InChI is InChI=1S/C14H21N3O4S/c1-2-22(18,19)17-8-3-5-14(11-17)9-12(10-20-14)21-13-15-6-4-7-16-13/h4,6-7,12H,2-3,5,8-11H2,1H3. The SMILES string of the molecule is CCS(=O)(=O)N1CCCC2(CC(Oc3ncccn3)CO2)C1. The summed E-state index contributed by atoms with van der Waals surface area (Å²) in [6.07, 6.45) is 5.47. The van der Waals surface area contributed by atoms with Crippen LogP contribution in [0.3, 0.4) is 0 Å². The van der Waals surface area contributed by atoms with E-state index >= 15 is 0 Å². The first kappa shape index (κ1) is 15.6. The van der Waals surface area contributed by atoms with Crippen LogP contribution in [0, 0.1) is 0 Å². The molecule has 3 rings (SSSR count). The summed E-state index contributed by atoms with van der Waals surface area (Å²) in [5.74, 6) is 0.126. The largest absolute Gasteiger partial charge is 0.458 e. The van der Waals surface area contributed by atoms with Crippen LogP contribution in [0.2, 0.25) is 0 Å². The minimum Gasteiger partial charge on any atom is -0.458 e. The van der Waals surface area contributed by atoms with Gasteiger partial charge in [0.25, 0.3) is 0 Å². The molecule has 8 heteroatoms. The monoisotopic (exact) mass is 327 g/mol. The Hall–Kier alpha value is -1.25. The van der Waals surface area contributed by atoms with Gasteiger partial charge in [-0.2, -0.15) is 4.31 Å². The first-order valence-corrected chi connectivity index (χ1v) is 9.19. The van der Waals surface area contributed by atoms with E-state index in [-0.39, 0.29) is 11.9 Å². The predicted octanol–water partition coefficient (Wildman–Crippen LogP) is 0.829. The van der Waals surface area contributed by atoms with Crippen LogP contribution in [0.5, 0.6) is 6.01 Å². The van der Waals surface area contributed by atoms with Crippen molar-refractivity contribution in [1.29, 1.82) is 0 Å². The van der Waals surface area contributed by atoms with Crippen molar-refractivity contribution in [2.45, 2.75) is 37.9 Å². The Morgan fingerprint density at radius 3 is 2.95 bits per heavy atom. The van der Waals surface area contributed by atoms with E-state index in [1.54, 1.807) is 29.7 Å². The van der Waals surface area contributed by atoms with E-state index < -0.39 is 15.6 Å². The van der Waals surface area contributed by atoms with Crippen molar-refractivity contribution in [3.05, 3.63) is 18.5 Å². The zero-order chi connectivity index (χ0) is 15.6. The van der Waals surface area contributed by atoms with Crippen molar-refractivity contribution < 1.29 is 17.9 Å². The quantitative estimate of drug-likeness (QED) is 0.815. The van der Waals surface area contributed by atoms with E-state index in [1.807, 2.05) is 0 Å². The van der Waals surface area contributed by atoms with Gasteiger partial charge in [0.1, 0.15) is 6.10 Å². The summed E-state index contributed by atoms with van der Waals surface area (Å²) in [7, 11) is -3.17. The third-order valence-electron chi connectivity index (χ3n) is 4.25. The van der Waals surface area contributed by atoms with E-state index in [1.165, 1.54) is 0 Å². The van der Waals surface area contributed by atoms with Gasteiger partial charge in [-0.25, -0.2) is 18.4 Å². The number of hydrogen-bond acceptors (Lipinski definition) is 6. The number of nitrogens with zero attached hydrogens (tertiary/aromatic N) is 3. The molecule has 0 N–H and O–H groups in total. The average molecular weight is 327 g/mol. The maximum atomic E-state index is 12.1. The van der Waals surface area contributed by atoms with Gasteiger partial charge in [0.05, 0.1) is 18.0 Å². The van der Waals surface area contributed by atoms with Crippen molar-refractivity contribution in [1.82, 2.24) is 14.3 Å². The smallest absolute Gasteiger partial charge is 0.316 e. The van der Waals surface area contributed by atoms with Gasteiger partial charge in [0, 0.05) is 31.9 Å². The third kappa shape index (κ3) is 3.23. The summed E-state index contributed by atoms with van der Waals surface area (Å²) >= 11 is 0. The number of hydrogen-bond donors (Lipinski definition) is 0. The Morgan fingerprint density at radius 1 is 1.45 bits per heavy atom. The Kier molecular flexibility index (Phi) is 4.33. The molecular weight excluding hydrogens is 306 g/mol. The number of sulfonamides is 1. The third-order valence-corrected chi connectivity index (χ3v) is 6.08. The molecule has 1 aromatic rings. The van der Waals surface area contributed by atoms with E-state index in [9.17, 15) is 8.42 Å². The van der Waals surface area contributed by atoms with Crippen LogP contribution in [-0.4, -0.2) is 59.8 Å². The lowest BCUT2D eigenvalue weighted by Gasteiger charge is -2.38. The highest BCUT2D eigenvalue weighted by Crippen LogP contribution is 2.36. The Bertz CT molecular complexity index is 610. The zero-order valence-corrected chi connectivity index (χ0v) is 13.5. The second-order valence-corrected chi connectivity index (χ2v) is 8.06. The molecule has 122 valence electrons. The minimum absolute atomic E-state index is 0.126. The molecule has 7 nitrogen and oxygen atoms in total. The van der Waals surface area contributed by atoms with Gasteiger partial charge < -0.3 is 9.47 Å². The highest BCUT2D eigenvalue weighted by molar-refractivity contribution is 7.89. The predicted molar refractivity (Wildman–Crippen MR) is 80.0 cm³/mol. The molecule has 0 aromatic carbocycles. The van der Waals surface area contributed by atoms with Gasteiger partial charge in [-0.05, 0) is 25.8 Å². The van der Waals surface area contributed by atoms with Crippen LogP contribution in [0.25, 0.3) is 0 Å². The molecule has 2 aliphatic heterocycles. The van der Waals surface area contributed by atoms with Gasteiger partial charge >= 0.3 is 6.01 Å². The fourth-order valence-electron chi connectivity index (χ4n) is 3.14. The number of aromatic nitrogens is 2. The van der Waals surface area contributed by atoms with E-state index in [0.717, 1.165) is 12.8 Å². The van der Waals surface area contributed by atoms with Gasteiger partial charge in [0.2, 0.25) is 10.0 Å². The Morgan fingerprint density at radius 2 is 2.23 bits per heavy atom. The molecule has 2 fully saturated rings. The molecule has 2 saturated heterocycles. The van der Waals surface area contributed by atoms with Gasteiger partial charge in [-0.1, -0.05) is 0 Å². The van der Waals surface area contributed by atoms with Crippen molar-refractivity contribution in [2.24, 2.45) is 0 Å². The molecule has 2 atom stereocenters. The van der Waals surface area contributed by atoms with Gasteiger partial charge in [-0.3, -0.25) is 0 Å². The van der Waals surface area contributed by atoms with E-state index in [4.69, 9.17) is 9.47 Å². The highest BCUT2D eigenvalue weighted by Gasteiger charge is 2.46. The first-order chi connectivity index (χ1) is 10.5. The molecule has 0 aliphatic carbocycles. The second-order valence-electron chi connectivity index (χ2n) is 5.81.